The second-order valence-electron chi connectivity index (χ2n) is 26.6. The molecule has 0 amide bonds. The second kappa shape index (κ2) is 18.7. The normalized spacial score (nSPS) is 14.2. The first-order valence-corrected chi connectivity index (χ1v) is 29.4. The molecule has 0 fully saturated rings. The fourth-order valence-corrected chi connectivity index (χ4v) is 14.7. The molecule has 0 aliphatic heterocycles. The van der Waals surface area contributed by atoms with Crippen molar-refractivity contribution in [3.05, 3.63) is 201 Å². The van der Waals surface area contributed by atoms with E-state index in [1.807, 2.05) is 12.1 Å². The van der Waals surface area contributed by atoms with Gasteiger partial charge in [0.15, 0.2) is 0 Å². The molecule has 416 valence electrons. The van der Waals surface area contributed by atoms with Gasteiger partial charge in [-0.1, -0.05) is 189 Å². The van der Waals surface area contributed by atoms with Crippen LogP contribution in [0.4, 0.5) is 0 Å². The zero-order valence-electron chi connectivity index (χ0n) is 51.6. The summed E-state index contributed by atoms with van der Waals surface area (Å²) in [7, 11) is 3.53. The SMILES string of the molecule is COc1ccc(Cl)c2c1c1cc(C(C)(C)C)ccc1n2-c1cccc2c3c(ccc12)-c1ccc(C)cc1C3(C)C.COc1ccc2c3ccc4c5c(ccc4c3n3c4ccc(C(C)(C)C)cc4c1c23)-c1ccc(C)cc1C5(C)C.[2H]CC(C)=O. The third kappa shape index (κ3) is 7.97. The van der Waals surface area contributed by atoms with E-state index >= 15 is 0 Å². The van der Waals surface area contributed by atoms with Gasteiger partial charge >= 0.3 is 0 Å². The van der Waals surface area contributed by atoms with Crippen LogP contribution in [0, 0.1) is 13.8 Å². The predicted octanol–water partition coefficient (Wildman–Crippen LogP) is 21.0. The monoisotopic (exact) mass is 1110 g/mol. The molecule has 0 saturated carbocycles. The van der Waals surface area contributed by atoms with Crippen LogP contribution in [-0.4, -0.2) is 29.0 Å². The van der Waals surface area contributed by atoms with E-state index in [2.05, 4.69) is 232 Å². The molecule has 2 aliphatic rings. The van der Waals surface area contributed by atoms with Crippen molar-refractivity contribution in [2.45, 2.75) is 119 Å². The molecule has 0 bridgehead atoms. The first-order chi connectivity index (χ1) is 39.9. The van der Waals surface area contributed by atoms with E-state index in [0.717, 1.165) is 39.0 Å². The van der Waals surface area contributed by atoms with Crippen LogP contribution in [0.2, 0.25) is 5.02 Å². The molecule has 0 N–H and O–H groups in total. The quantitative estimate of drug-likeness (QED) is 0.177. The number of ether oxygens (including phenoxy) is 2. The molecule has 3 aromatic heterocycles. The molecule has 15 rings (SSSR count). The Hall–Kier alpha value is -8.12. The van der Waals surface area contributed by atoms with Crippen LogP contribution in [0.15, 0.2) is 152 Å². The molecule has 0 radical (unpaired) electrons. The predicted molar refractivity (Wildman–Crippen MR) is 353 cm³/mol. The highest BCUT2D eigenvalue weighted by atomic mass is 35.5. The number of ketones is 1. The molecule has 6 heteroatoms. The molecule has 83 heavy (non-hydrogen) atoms. The van der Waals surface area contributed by atoms with Gasteiger partial charge in [0, 0.05) is 44.5 Å². The van der Waals surface area contributed by atoms with Crippen molar-refractivity contribution in [2.24, 2.45) is 0 Å². The number of aryl methyl sites for hydroxylation is 2. The van der Waals surface area contributed by atoms with Crippen molar-refractivity contribution in [1.82, 2.24) is 8.97 Å². The van der Waals surface area contributed by atoms with E-state index in [9.17, 15) is 4.79 Å². The van der Waals surface area contributed by atoms with Gasteiger partial charge in [-0.05, 0) is 160 Å². The summed E-state index contributed by atoms with van der Waals surface area (Å²) >= 11 is 7.03. The third-order valence-corrected chi connectivity index (χ3v) is 18.7. The van der Waals surface area contributed by atoms with Crippen molar-refractivity contribution in [3.8, 4) is 39.4 Å². The van der Waals surface area contributed by atoms with Crippen LogP contribution >= 0.6 is 11.6 Å². The zero-order chi connectivity index (χ0) is 59.4. The molecule has 0 unspecified atom stereocenters. The number of halogens is 1. The van der Waals surface area contributed by atoms with Gasteiger partial charge in [-0.3, -0.25) is 0 Å². The number of methoxy groups -OCH3 is 2. The van der Waals surface area contributed by atoms with E-state index in [-0.39, 0.29) is 34.3 Å². The highest BCUT2D eigenvalue weighted by Crippen LogP contribution is 2.55. The highest BCUT2D eigenvalue weighted by Gasteiger charge is 2.39. The minimum atomic E-state index is -0.0991. The lowest BCUT2D eigenvalue weighted by molar-refractivity contribution is -0.115. The van der Waals surface area contributed by atoms with Gasteiger partial charge in [-0.25, -0.2) is 0 Å². The summed E-state index contributed by atoms with van der Waals surface area (Å²) in [5.41, 5.74) is 23.3. The maximum Gasteiger partial charge on any atom is 0.128 e. The van der Waals surface area contributed by atoms with Crippen LogP contribution in [-0.2, 0) is 26.5 Å². The number of hydrogen-bond donors (Lipinski definition) is 0. The van der Waals surface area contributed by atoms with Gasteiger partial charge in [0.25, 0.3) is 0 Å². The summed E-state index contributed by atoms with van der Waals surface area (Å²) in [5, 5.41) is 13.2. The Morgan fingerprint density at radius 3 is 1.49 bits per heavy atom. The van der Waals surface area contributed by atoms with Gasteiger partial charge in [0.2, 0.25) is 0 Å². The number of fused-ring (bicyclic) bond motifs is 20. The first-order valence-electron chi connectivity index (χ1n) is 29.8. The minimum Gasteiger partial charge on any atom is -0.496 e. The Labute approximate surface area is 494 Å². The van der Waals surface area contributed by atoms with Crippen molar-refractivity contribution in [1.29, 1.82) is 0 Å². The summed E-state index contributed by atoms with van der Waals surface area (Å²) in [4.78, 5) is 9.62. The Morgan fingerprint density at radius 2 is 0.940 bits per heavy atom. The van der Waals surface area contributed by atoms with Crippen LogP contribution in [0.5, 0.6) is 11.5 Å². The smallest absolute Gasteiger partial charge is 0.128 e. The molecule has 5 nitrogen and oxygen atoms in total. The van der Waals surface area contributed by atoms with Gasteiger partial charge in [-0.2, -0.15) is 0 Å². The first kappa shape index (κ1) is 52.9. The summed E-state index contributed by atoms with van der Waals surface area (Å²) < 4.78 is 23.0. The fraction of sp³-hybridized carbons (Fsp3) is 0.260. The molecule has 0 atom stereocenters. The number of carbonyl (C=O) groups excluding carboxylic acids is 1. The molecule has 13 aromatic rings. The molecule has 0 spiro atoms. The Kier molecular flexibility index (Phi) is 11.9. The number of aromatic nitrogens is 2. The maximum absolute atomic E-state index is 9.62. The van der Waals surface area contributed by atoms with E-state index in [1.54, 1.807) is 14.2 Å². The van der Waals surface area contributed by atoms with Crippen LogP contribution in [0.3, 0.4) is 0 Å². The van der Waals surface area contributed by atoms with E-state index in [4.69, 9.17) is 22.4 Å². The van der Waals surface area contributed by atoms with Gasteiger partial charge in [-0.15, -0.1) is 0 Å². The van der Waals surface area contributed by atoms with Crippen LogP contribution in [0.1, 0.15) is 129 Å². The summed E-state index contributed by atoms with van der Waals surface area (Å²) in [5.74, 6) is 1.70. The number of hydrogen-bond acceptors (Lipinski definition) is 3. The molecule has 0 saturated heterocycles. The topological polar surface area (TPSA) is 44.9 Å². The Balaban J connectivity index is 0.000000145. The number of rotatable bonds is 3. The molecular weight excluding hydrogens is 1040 g/mol. The fourth-order valence-electron chi connectivity index (χ4n) is 14.4. The largest absolute Gasteiger partial charge is 0.496 e. The van der Waals surface area contributed by atoms with Crippen LogP contribution < -0.4 is 9.47 Å². The summed E-state index contributed by atoms with van der Waals surface area (Å²) in [6.07, 6.45) is 0. The van der Waals surface area contributed by atoms with Crippen molar-refractivity contribution in [2.75, 3.05) is 14.2 Å². The zero-order valence-corrected chi connectivity index (χ0v) is 51.4. The van der Waals surface area contributed by atoms with Gasteiger partial charge < -0.3 is 23.2 Å². The standard InChI is InChI=1S/C37H34ClNO.C37H33NO.C3H6O/c1-21-11-13-23-26-15-14-24-25(34(26)37(5,6)28(23)19-21)9-8-10-30(24)39-31-17-12-22(36(2,3)4)20-27(31)33-32(40-7)18-16-29(38)35(33)39;1-20-8-10-22-23-11-13-25-24(33(23)37(5,6)29(22)18-20)12-14-26-27-15-17-31(39-7)32-28-19-21(36(2,3)4)9-16-30(28)38(34(25)26)35(27)32;1-3(2)4/h8-20H,1-7H3;8-19H,1-7H3;1-2H3/i;;1D. The molecule has 3 heterocycles. The number of Topliss-reactive ketones (excluding diaryl/α,β-unsaturated/α-hetero) is 1. The van der Waals surface area contributed by atoms with Crippen molar-refractivity contribution >= 4 is 98.8 Å². The van der Waals surface area contributed by atoms with E-state index in [1.165, 1.54) is 133 Å². The lowest BCUT2D eigenvalue weighted by Gasteiger charge is -2.24. The van der Waals surface area contributed by atoms with Crippen molar-refractivity contribution < 1.29 is 15.6 Å². The molecule has 10 aromatic carbocycles. The van der Waals surface area contributed by atoms with Crippen LogP contribution in [0.25, 0.3) is 109 Å². The lowest BCUT2D eigenvalue weighted by Crippen LogP contribution is -2.15. The number of nitrogens with zero attached hydrogens (tertiary/aromatic N) is 2. The average Bonchev–Trinajstić information content (AvgIpc) is 1.58. The van der Waals surface area contributed by atoms with E-state index < -0.39 is 0 Å². The number of carbonyl (C=O) groups is 1. The minimum absolute atomic E-state index is 0.0212. The van der Waals surface area contributed by atoms with Gasteiger partial charge in [0.1, 0.15) is 17.3 Å². The molecule has 2 aliphatic carbocycles. The Morgan fingerprint density at radius 1 is 0.494 bits per heavy atom. The summed E-state index contributed by atoms with van der Waals surface area (Å²) in [6.45, 7) is 28.8. The maximum atomic E-state index is 9.62. The highest BCUT2D eigenvalue weighted by molar-refractivity contribution is 6.37. The van der Waals surface area contributed by atoms with Gasteiger partial charge in [0.05, 0.1) is 63.3 Å². The van der Waals surface area contributed by atoms with Crippen molar-refractivity contribution in [3.63, 3.8) is 0 Å². The second-order valence-corrected chi connectivity index (χ2v) is 27.0. The molecular formula is C77H73ClN2O3. The number of benzene rings is 10. The average molecular weight is 1110 g/mol. The third-order valence-electron chi connectivity index (χ3n) is 18.4. The van der Waals surface area contributed by atoms with E-state index in [0.29, 0.717) is 5.02 Å². The lowest BCUT2D eigenvalue weighted by atomic mass is 9.79. The summed E-state index contributed by atoms with van der Waals surface area (Å²) in [6, 6.07) is 56.7. The Bertz CT molecular complexity index is 4940.